The molecule has 0 spiro atoms. The van der Waals surface area contributed by atoms with Gasteiger partial charge in [0.15, 0.2) is 0 Å². The van der Waals surface area contributed by atoms with Crippen molar-refractivity contribution >= 4 is 10.1 Å². The van der Waals surface area contributed by atoms with Gasteiger partial charge in [-0.1, -0.05) is 6.07 Å². The van der Waals surface area contributed by atoms with Gasteiger partial charge in [0.1, 0.15) is 17.3 Å². The zero-order valence-corrected chi connectivity index (χ0v) is 17.2. The molecule has 10 heteroatoms. The Labute approximate surface area is 166 Å². The number of rotatable bonds is 17. The van der Waals surface area contributed by atoms with Crippen molar-refractivity contribution in [1.29, 1.82) is 0 Å². The highest BCUT2D eigenvalue weighted by atomic mass is 32.2. The van der Waals surface area contributed by atoms with E-state index >= 15 is 0 Å². The van der Waals surface area contributed by atoms with Crippen LogP contribution < -0.4 is 4.74 Å². The van der Waals surface area contributed by atoms with Crippen LogP contribution in [0, 0.1) is 6.92 Å². The third kappa shape index (κ3) is 11.5. The van der Waals surface area contributed by atoms with Gasteiger partial charge in [-0.15, -0.1) is 0 Å². The fourth-order valence-electron chi connectivity index (χ4n) is 2.06. The molecule has 0 unspecified atom stereocenters. The Hall–Kier alpha value is -1.27. The molecule has 0 atom stereocenters. The van der Waals surface area contributed by atoms with Gasteiger partial charge in [0.05, 0.1) is 59.5 Å². The molecule has 162 valence electrons. The number of benzene rings is 1. The van der Waals surface area contributed by atoms with Gasteiger partial charge in [0.2, 0.25) is 0 Å². The lowest BCUT2D eigenvalue weighted by molar-refractivity contribution is -0.00984. The second kappa shape index (κ2) is 14.7. The summed E-state index contributed by atoms with van der Waals surface area (Å²) in [5.74, 6) is 0.102. The molecule has 0 heterocycles. The molecule has 1 aromatic carbocycles. The summed E-state index contributed by atoms with van der Waals surface area (Å²) in [6, 6.07) is 4.44. The molecule has 9 nitrogen and oxygen atoms in total. The molecule has 0 saturated heterocycles. The predicted octanol–water partition coefficient (Wildman–Crippen LogP) is 1.33. The first-order chi connectivity index (χ1) is 13.4. The Bertz CT molecular complexity index is 634. The van der Waals surface area contributed by atoms with E-state index in [4.69, 9.17) is 28.4 Å². The summed E-state index contributed by atoms with van der Waals surface area (Å²) in [7, 11) is -2.71. The number of ether oxygens (including phenoxy) is 6. The molecule has 0 aromatic heterocycles. The zero-order valence-electron chi connectivity index (χ0n) is 16.4. The van der Waals surface area contributed by atoms with Crippen LogP contribution >= 0.6 is 0 Å². The Morgan fingerprint density at radius 3 is 1.71 bits per heavy atom. The quantitative estimate of drug-likeness (QED) is 0.294. The molecule has 0 aliphatic heterocycles. The molecule has 1 N–H and O–H groups in total. The fourth-order valence-corrected chi connectivity index (χ4v) is 2.67. The number of hydrogen-bond donors (Lipinski definition) is 1. The monoisotopic (exact) mass is 422 g/mol. The van der Waals surface area contributed by atoms with Crippen LogP contribution in [0.5, 0.6) is 5.75 Å². The number of aryl methyl sites for hydroxylation is 1. The normalized spacial score (nSPS) is 11.7. The lowest BCUT2D eigenvalue weighted by Gasteiger charge is -2.11. The van der Waals surface area contributed by atoms with E-state index in [1.54, 1.807) is 26.2 Å². The first kappa shape index (κ1) is 24.8. The topological polar surface area (TPSA) is 110 Å². The van der Waals surface area contributed by atoms with Gasteiger partial charge in [0.25, 0.3) is 10.1 Å². The van der Waals surface area contributed by atoms with Crippen molar-refractivity contribution in [2.75, 3.05) is 73.2 Å². The Morgan fingerprint density at radius 2 is 1.25 bits per heavy atom. The van der Waals surface area contributed by atoms with E-state index < -0.39 is 10.1 Å². The van der Waals surface area contributed by atoms with Crippen molar-refractivity contribution in [1.82, 2.24) is 0 Å². The zero-order chi connectivity index (χ0) is 20.7. The van der Waals surface area contributed by atoms with E-state index in [-0.39, 0.29) is 23.9 Å². The fraction of sp³-hybridized carbons (Fsp3) is 0.667. The molecule has 28 heavy (non-hydrogen) atoms. The molecular weight excluding hydrogens is 392 g/mol. The van der Waals surface area contributed by atoms with Crippen LogP contribution in [0.2, 0.25) is 0 Å². The molecule has 0 aliphatic carbocycles. The Balaban J connectivity index is 2.01. The van der Waals surface area contributed by atoms with Crippen LogP contribution in [-0.2, 0) is 33.8 Å². The highest BCUT2D eigenvalue weighted by Crippen LogP contribution is 2.24. The van der Waals surface area contributed by atoms with Crippen LogP contribution in [0.15, 0.2) is 23.1 Å². The van der Waals surface area contributed by atoms with Gasteiger partial charge in [-0.25, -0.2) is 0 Å². The van der Waals surface area contributed by atoms with E-state index in [1.807, 2.05) is 0 Å². The molecule has 0 aliphatic rings. The van der Waals surface area contributed by atoms with E-state index in [2.05, 4.69) is 0 Å². The number of methoxy groups -OCH3 is 1. The molecular formula is C18H30O9S. The second-order valence-electron chi connectivity index (χ2n) is 5.72. The molecule has 0 radical (unpaired) electrons. The lowest BCUT2D eigenvalue weighted by atomic mass is 10.2. The average Bonchev–Trinajstić information content (AvgIpc) is 2.64. The van der Waals surface area contributed by atoms with Crippen LogP contribution in [0.3, 0.4) is 0 Å². The lowest BCUT2D eigenvalue weighted by Crippen LogP contribution is -2.14. The second-order valence-corrected chi connectivity index (χ2v) is 7.11. The standard InChI is InChI=1S/C18H30O9S/c1-16-3-4-18(28(19,20)21)17(15-16)27-14-13-26-12-11-25-10-9-24-8-7-23-6-5-22-2/h3-4,15H,5-14H2,1-2H3,(H,19,20,21). The smallest absolute Gasteiger partial charge is 0.298 e. The minimum atomic E-state index is -4.33. The molecule has 0 amide bonds. The van der Waals surface area contributed by atoms with Gasteiger partial charge < -0.3 is 28.4 Å². The third-order valence-electron chi connectivity index (χ3n) is 3.41. The summed E-state index contributed by atoms with van der Waals surface area (Å²) in [4.78, 5) is -0.259. The summed E-state index contributed by atoms with van der Waals surface area (Å²) >= 11 is 0. The Kier molecular flexibility index (Phi) is 13.0. The maximum atomic E-state index is 11.3. The first-order valence-electron chi connectivity index (χ1n) is 8.96. The highest BCUT2D eigenvalue weighted by molar-refractivity contribution is 7.86. The molecule has 1 aromatic rings. The third-order valence-corrected chi connectivity index (χ3v) is 4.30. The summed E-state index contributed by atoms with van der Waals surface area (Å²) in [5, 5.41) is 0. The van der Waals surface area contributed by atoms with Crippen LogP contribution in [-0.4, -0.2) is 86.1 Å². The highest BCUT2D eigenvalue weighted by Gasteiger charge is 2.16. The van der Waals surface area contributed by atoms with Crippen molar-refractivity contribution in [2.24, 2.45) is 0 Å². The summed E-state index contributed by atoms with van der Waals surface area (Å²) < 4.78 is 63.4. The summed E-state index contributed by atoms with van der Waals surface area (Å²) in [6.07, 6.45) is 0. The van der Waals surface area contributed by atoms with Crippen LogP contribution in [0.25, 0.3) is 0 Å². The van der Waals surface area contributed by atoms with Gasteiger partial charge >= 0.3 is 0 Å². The van der Waals surface area contributed by atoms with Crippen molar-refractivity contribution in [3.05, 3.63) is 23.8 Å². The van der Waals surface area contributed by atoms with E-state index in [0.29, 0.717) is 52.9 Å². The largest absolute Gasteiger partial charge is 0.490 e. The minimum Gasteiger partial charge on any atom is -0.490 e. The molecule has 0 saturated carbocycles. The Morgan fingerprint density at radius 1 is 0.786 bits per heavy atom. The van der Waals surface area contributed by atoms with Crippen molar-refractivity contribution in [3.63, 3.8) is 0 Å². The number of hydrogen-bond acceptors (Lipinski definition) is 8. The van der Waals surface area contributed by atoms with Crippen molar-refractivity contribution < 1.29 is 41.4 Å². The summed E-state index contributed by atoms with van der Waals surface area (Å²) in [5.41, 5.74) is 0.820. The van der Waals surface area contributed by atoms with Crippen molar-refractivity contribution in [2.45, 2.75) is 11.8 Å². The van der Waals surface area contributed by atoms with Crippen LogP contribution in [0.4, 0.5) is 0 Å². The average molecular weight is 422 g/mol. The van der Waals surface area contributed by atoms with Gasteiger partial charge in [-0.3, -0.25) is 4.55 Å². The maximum absolute atomic E-state index is 11.3. The first-order valence-corrected chi connectivity index (χ1v) is 10.4. The predicted molar refractivity (Wildman–Crippen MR) is 102 cm³/mol. The maximum Gasteiger partial charge on any atom is 0.298 e. The van der Waals surface area contributed by atoms with E-state index in [0.717, 1.165) is 5.56 Å². The van der Waals surface area contributed by atoms with Crippen LogP contribution in [0.1, 0.15) is 5.56 Å². The summed E-state index contributed by atoms with van der Waals surface area (Å²) in [6.45, 7) is 6.08. The van der Waals surface area contributed by atoms with Gasteiger partial charge in [0, 0.05) is 7.11 Å². The van der Waals surface area contributed by atoms with Gasteiger partial charge in [-0.05, 0) is 24.6 Å². The molecule has 1 rings (SSSR count). The SMILES string of the molecule is COCCOCCOCCOCCOCCOc1cc(C)ccc1S(=O)(=O)O. The van der Waals surface area contributed by atoms with Crippen molar-refractivity contribution in [3.8, 4) is 5.75 Å². The van der Waals surface area contributed by atoms with E-state index in [9.17, 15) is 13.0 Å². The molecule has 0 bridgehead atoms. The molecule has 0 fully saturated rings. The van der Waals surface area contributed by atoms with Gasteiger partial charge in [-0.2, -0.15) is 8.42 Å². The minimum absolute atomic E-state index is 0.102. The van der Waals surface area contributed by atoms with E-state index in [1.165, 1.54) is 6.07 Å².